The lowest BCUT2D eigenvalue weighted by molar-refractivity contribution is -0.123. The van der Waals surface area contributed by atoms with Crippen molar-refractivity contribution in [2.24, 2.45) is 7.05 Å². The molecule has 0 aromatic carbocycles. The molecule has 0 fully saturated rings. The molecule has 0 aliphatic heterocycles. The summed E-state index contributed by atoms with van der Waals surface area (Å²) in [6, 6.07) is 6.58. The third-order valence-corrected chi connectivity index (χ3v) is 3.34. The molecule has 2 aromatic rings. The minimum absolute atomic E-state index is 0.350. The Hall–Kier alpha value is -2.41. The van der Waals surface area contributed by atoms with E-state index in [4.69, 9.17) is 4.74 Å². The molecular formula is C13H12N2O4S. The Balaban J connectivity index is 1.83. The molecule has 0 atom stereocenters. The van der Waals surface area contributed by atoms with Crippen molar-refractivity contribution in [1.82, 2.24) is 9.88 Å². The number of esters is 1. The van der Waals surface area contributed by atoms with E-state index >= 15 is 0 Å². The number of aryl methyl sites for hydroxylation is 1. The zero-order valence-corrected chi connectivity index (χ0v) is 11.5. The van der Waals surface area contributed by atoms with Gasteiger partial charge in [0.05, 0.1) is 0 Å². The van der Waals surface area contributed by atoms with Crippen LogP contribution >= 0.6 is 11.3 Å². The summed E-state index contributed by atoms with van der Waals surface area (Å²) in [5.41, 5.74) is 0.350. The summed E-state index contributed by atoms with van der Waals surface area (Å²) < 4.78 is 6.38. The van der Waals surface area contributed by atoms with E-state index in [9.17, 15) is 14.4 Å². The third-order valence-electron chi connectivity index (χ3n) is 2.49. The Morgan fingerprint density at radius 1 is 1.30 bits per heavy atom. The normalized spacial score (nSPS) is 10.1. The van der Waals surface area contributed by atoms with Crippen molar-refractivity contribution in [3.8, 4) is 0 Å². The average Bonchev–Trinajstić information content (AvgIpc) is 3.06. The van der Waals surface area contributed by atoms with E-state index < -0.39 is 24.4 Å². The van der Waals surface area contributed by atoms with Crippen LogP contribution in [0.15, 0.2) is 35.8 Å². The van der Waals surface area contributed by atoms with Crippen LogP contribution in [0.1, 0.15) is 20.2 Å². The maximum atomic E-state index is 11.7. The Morgan fingerprint density at radius 3 is 2.70 bits per heavy atom. The quantitative estimate of drug-likeness (QED) is 0.859. The van der Waals surface area contributed by atoms with Crippen LogP contribution in [0.2, 0.25) is 0 Å². The number of rotatable bonds is 4. The molecule has 2 heterocycles. The van der Waals surface area contributed by atoms with Gasteiger partial charge in [0.15, 0.2) is 6.61 Å². The Labute approximate surface area is 119 Å². The van der Waals surface area contributed by atoms with Crippen LogP contribution in [-0.4, -0.2) is 29.0 Å². The van der Waals surface area contributed by atoms with Gasteiger partial charge in [-0.1, -0.05) is 6.07 Å². The van der Waals surface area contributed by atoms with Gasteiger partial charge in [0, 0.05) is 13.2 Å². The van der Waals surface area contributed by atoms with Gasteiger partial charge in [-0.25, -0.2) is 4.79 Å². The van der Waals surface area contributed by atoms with Crippen molar-refractivity contribution >= 4 is 29.1 Å². The molecule has 0 saturated heterocycles. The third kappa shape index (κ3) is 3.33. The van der Waals surface area contributed by atoms with Gasteiger partial charge in [-0.3, -0.25) is 14.9 Å². The first-order chi connectivity index (χ1) is 9.58. The van der Waals surface area contributed by atoms with Crippen LogP contribution in [0.3, 0.4) is 0 Å². The number of carbonyl (C=O) groups is 3. The first-order valence-corrected chi connectivity index (χ1v) is 6.62. The minimum atomic E-state index is -0.666. The fraction of sp³-hybridized carbons (Fsp3) is 0.154. The van der Waals surface area contributed by atoms with Crippen molar-refractivity contribution in [3.63, 3.8) is 0 Å². The van der Waals surface area contributed by atoms with Gasteiger partial charge in [0.1, 0.15) is 10.6 Å². The summed E-state index contributed by atoms with van der Waals surface area (Å²) in [7, 11) is 1.69. The molecule has 0 aliphatic rings. The summed E-state index contributed by atoms with van der Waals surface area (Å²) in [4.78, 5) is 35.1. The molecule has 0 spiro atoms. The summed E-state index contributed by atoms with van der Waals surface area (Å²) in [6.07, 6.45) is 1.69. The Morgan fingerprint density at radius 2 is 2.10 bits per heavy atom. The fourth-order valence-corrected chi connectivity index (χ4v) is 2.14. The molecule has 20 heavy (non-hydrogen) atoms. The molecule has 7 heteroatoms. The van der Waals surface area contributed by atoms with E-state index in [1.54, 1.807) is 47.5 Å². The van der Waals surface area contributed by atoms with Gasteiger partial charge in [-0.05, 0) is 23.6 Å². The zero-order chi connectivity index (χ0) is 14.5. The van der Waals surface area contributed by atoms with Crippen LogP contribution in [0.25, 0.3) is 0 Å². The molecule has 1 N–H and O–H groups in total. The summed E-state index contributed by atoms with van der Waals surface area (Å²) >= 11 is 1.22. The second-order valence-corrected chi connectivity index (χ2v) is 4.88. The van der Waals surface area contributed by atoms with E-state index in [0.29, 0.717) is 10.6 Å². The molecular weight excluding hydrogens is 280 g/mol. The second kappa shape index (κ2) is 6.16. The maximum absolute atomic E-state index is 11.7. The summed E-state index contributed by atoms with van der Waals surface area (Å²) in [6.45, 7) is -0.493. The predicted molar refractivity (Wildman–Crippen MR) is 72.5 cm³/mol. The zero-order valence-electron chi connectivity index (χ0n) is 10.7. The predicted octanol–water partition coefficient (Wildman–Crippen LogP) is 1.20. The monoisotopic (exact) mass is 292 g/mol. The second-order valence-electron chi connectivity index (χ2n) is 3.94. The smallest absolute Gasteiger partial charge is 0.348 e. The van der Waals surface area contributed by atoms with Crippen molar-refractivity contribution < 1.29 is 19.1 Å². The number of ether oxygens (including phenoxy) is 1. The van der Waals surface area contributed by atoms with E-state index in [1.165, 1.54) is 11.3 Å². The van der Waals surface area contributed by atoms with Crippen LogP contribution in [0, 0.1) is 0 Å². The van der Waals surface area contributed by atoms with Gasteiger partial charge in [0.25, 0.3) is 11.8 Å². The van der Waals surface area contributed by atoms with Gasteiger partial charge < -0.3 is 9.30 Å². The lowest BCUT2D eigenvalue weighted by atomic mass is 10.4. The number of aromatic nitrogens is 1. The van der Waals surface area contributed by atoms with Crippen LogP contribution < -0.4 is 5.32 Å². The Kier molecular flexibility index (Phi) is 4.31. The first kappa shape index (κ1) is 14.0. The van der Waals surface area contributed by atoms with Crippen LogP contribution in [0.4, 0.5) is 0 Å². The van der Waals surface area contributed by atoms with Crippen molar-refractivity contribution in [1.29, 1.82) is 0 Å². The van der Waals surface area contributed by atoms with Crippen molar-refractivity contribution in [2.75, 3.05) is 6.61 Å². The molecule has 2 amide bonds. The number of amides is 2. The molecule has 0 unspecified atom stereocenters. The standard InChI is InChI=1S/C13H12N2O4S/c1-15-6-2-4-9(15)12(17)14-11(16)8-19-13(18)10-5-3-7-20-10/h2-7H,8H2,1H3,(H,14,16,17). The molecule has 2 rings (SSSR count). The highest BCUT2D eigenvalue weighted by Gasteiger charge is 2.15. The van der Waals surface area contributed by atoms with Gasteiger partial charge in [-0.15, -0.1) is 11.3 Å². The van der Waals surface area contributed by atoms with E-state index in [0.717, 1.165) is 0 Å². The number of thiophene rings is 1. The molecule has 0 radical (unpaired) electrons. The van der Waals surface area contributed by atoms with Gasteiger partial charge >= 0.3 is 5.97 Å². The lowest BCUT2D eigenvalue weighted by Crippen LogP contribution is -2.35. The van der Waals surface area contributed by atoms with E-state index in [2.05, 4.69) is 5.32 Å². The summed E-state index contributed by atoms with van der Waals surface area (Å²) in [5, 5.41) is 3.88. The van der Waals surface area contributed by atoms with E-state index in [-0.39, 0.29) is 0 Å². The van der Waals surface area contributed by atoms with Crippen molar-refractivity contribution in [2.45, 2.75) is 0 Å². The fourth-order valence-electron chi connectivity index (χ4n) is 1.52. The first-order valence-electron chi connectivity index (χ1n) is 5.74. The average molecular weight is 292 g/mol. The highest BCUT2D eigenvalue weighted by Crippen LogP contribution is 2.09. The minimum Gasteiger partial charge on any atom is -0.451 e. The number of hydrogen-bond acceptors (Lipinski definition) is 5. The number of nitrogens with zero attached hydrogens (tertiary/aromatic N) is 1. The Bertz CT molecular complexity index is 631. The highest BCUT2D eigenvalue weighted by atomic mass is 32.1. The van der Waals surface area contributed by atoms with Crippen LogP contribution in [-0.2, 0) is 16.6 Å². The number of imide groups is 1. The SMILES string of the molecule is Cn1cccc1C(=O)NC(=O)COC(=O)c1cccs1. The largest absolute Gasteiger partial charge is 0.451 e. The van der Waals surface area contributed by atoms with Crippen LogP contribution in [0.5, 0.6) is 0 Å². The molecule has 0 saturated carbocycles. The number of carbonyl (C=O) groups excluding carboxylic acids is 3. The van der Waals surface area contributed by atoms with Crippen molar-refractivity contribution in [3.05, 3.63) is 46.4 Å². The van der Waals surface area contributed by atoms with E-state index in [1.807, 2.05) is 0 Å². The highest BCUT2D eigenvalue weighted by molar-refractivity contribution is 7.11. The molecule has 0 bridgehead atoms. The number of hydrogen-bond donors (Lipinski definition) is 1. The van der Waals surface area contributed by atoms with Gasteiger partial charge in [0.2, 0.25) is 0 Å². The number of nitrogens with one attached hydrogen (secondary N) is 1. The molecule has 2 aromatic heterocycles. The molecule has 6 nitrogen and oxygen atoms in total. The molecule has 104 valence electrons. The molecule has 0 aliphatic carbocycles. The van der Waals surface area contributed by atoms with Gasteiger partial charge in [-0.2, -0.15) is 0 Å². The summed E-state index contributed by atoms with van der Waals surface area (Å²) in [5.74, 6) is -1.78. The maximum Gasteiger partial charge on any atom is 0.348 e. The lowest BCUT2D eigenvalue weighted by Gasteiger charge is -2.05. The topological polar surface area (TPSA) is 77.4 Å².